The Labute approximate surface area is 125 Å². The SMILES string of the molecule is CN(C)C(=O)c1sc(NCCc2ncon2)c(C#N)c1N. The quantitative estimate of drug-likeness (QED) is 0.843. The molecule has 0 saturated heterocycles. The summed E-state index contributed by atoms with van der Waals surface area (Å²) in [7, 11) is 3.27. The summed E-state index contributed by atoms with van der Waals surface area (Å²) in [5, 5.41) is 16.5. The average molecular weight is 306 g/mol. The molecule has 110 valence electrons. The Hall–Kier alpha value is -2.60. The van der Waals surface area contributed by atoms with Crippen molar-refractivity contribution in [3.63, 3.8) is 0 Å². The number of nitriles is 1. The average Bonchev–Trinajstić information content (AvgIpc) is 3.06. The number of thiophene rings is 1. The van der Waals surface area contributed by atoms with Crippen LogP contribution >= 0.6 is 11.3 Å². The molecule has 2 aromatic heterocycles. The highest BCUT2D eigenvalue weighted by molar-refractivity contribution is 7.18. The van der Waals surface area contributed by atoms with Gasteiger partial charge in [-0.15, -0.1) is 11.3 Å². The number of nitrogens with two attached hydrogens (primary N) is 1. The second kappa shape index (κ2) is 6.23. The van der Waals surface area contributed by atoms with Crippen LogP contribution in [0.3, 0.4) is 0 Å². The largest absolute Gasteiger partial charge is 0.396 e. The Morgan fingerprint density at radius 2 is 2.38 bits per heavy atom. The van der Waals surface area contributed by atoms with Crippen molar-refractivity contribution in [2.45, 2.75) is 6.42 Å². The van der Waals surface area contributed by atoms with Crippen molar-refractivity contribution in [1.29, 1.82) is 5.26 Å². The van der Waals surface area contributed by atoms with Gasteiger partial charge in [0.1, 0.15) is 21.5 Å². The molecule has 0 radical (unpaired) electrons. The van der Waals surface area contributed by atoms with Gasteiger partial charge in [-0.05, 0) is 0 Å². The molecule has 0 bridgehead atoms. The maximum Gasteiger partial charge on any atom is 0.265 e. The predicted octanol–water partition coefficient (Wildman–Crippen LogP) is 0.941. The molecule has 21 heavy (non-hydrogen) atoms. The third-order valence-electron chi connectivity index (χ3n) is 2.70. The Bertz CT molecular complexity index is 671. The summed E-state index contributed by atoms with van der Waals surface area (Å²) in [4.78, 5) is 17.7. The van der Waals surface area contributed by atoms with Crippen LogP contribution in [0.15, 0.2) is 10.9 Å². The standard InChI is InChI=1S/C12H14N6O2S/c1-18(2)12(19)10-9(14)7(5-13)11(21-10)15-4-3-8-16-6-20-17-8/h6,15H,3-4,14H2,1-2H3. The summed E-state index contributed by atoms with van der Waals surface area (Å²) in [6, 6.07) is 2.02. The monoisotopic (exact) mass is 306 g/mol. The van der Waals surface area contributed by atoms with E-state index in [0.29, 0.717) is 34.2 Å². The van der Waals surface area contributed by atoms with Crippen LogP contribution in [-0.4, -0.2) is 41.6 Å². The highest BCUT2D eigenvalue weighted by atomic mass is 32.1. The fraction of sp³-hybridized carbons (Fsp3) is 0.333. The van der Waals surface area contributed by atoms with Gasteiger partial charge in [-0.25, -0.2) is 0 Å². The number of carbonyl (C=O) groups excluding carboxylic acids is 1. The first-order valence-electron chi connectivity index (χ1n) is 6.07. The van der Waals surface area contributed by atoms with Gasteiger partial charge < -0.3 is 20.5 Å². The topological polar surface area (TPSA) is 121 Å². The first-order chi connectivity index (χ1) is 10.0. The molecular weight excluding hydrogens is 292 g/mol. The van der Waals surface area contributed by atoms with E-state index in [4.69, 9.17) is 5.73 Å². The molecule has 8 nitrogen and oxygen atoms in total. The smallest absolute Gasteiger partial charge is 0.265 e. The highest BCUT2D eigenvalue weighted by Gasteiger charge is 2.22. The lowest BCUT2D eigenvalue weighted by Crippen LogP contribution is -2.21. The molecule has 0 atom stereocenters. The van der Waals surface area contributed by atoms with Crippen molar-refractivity contribution >= 4 is 27.9 Å². The van der Waals surface area contributed by atoms with Gasteiger partial charge in [-0.2, -0.15) is 10.2 Å². The zero-order valence-corrected chi connectivity index (χ0v) is 12.4. The third-order valence-corrected chi connectivity index (χ3v) is 3.85. The Balaban J connectivity index is 2.14. The fourth-order valence-electron chi connectivity index (χ4n) is 1.63. The molecule has 0 aliphatic carbocycles. The summed E-state index contributed by atoms with van der Waals surface area (Å²) in [5.74, 6) is 0.343. The predicted molar refractivity (Wildman–Crippen MR) is 78.0 cm³/mol. The van der Waals surface area contributed by atoms with Gasteiger partial charge >= 0.3 is 0 Å². The number of hydrogen-bond acceptors (Lipinski definition) is 8. The van der Waals surface area contributed by atoms with E-state index in [2.05, 4.69) is 20.0 Å². The molecule has 0 unspecified atom stereocenters. The zero-order chi connectivity index (χ0) is 15.4. The first kappa shape index (κ1) is 14.8. The molecule has 3 N–H and O–H groups in total. The van der Waals surface area contributed by atoms with E-state index < -0.39 is 0 Å². The zero-order valence-electron chi connectivity index (χ0n) is 11.6. The molecule has 2 rings (SSSR count). The lowest BCUT2D eigenvalue weighted by atomic mass is 10.2. The molecule has 0 aliphatic heterocycles. The minimum Gasteiger partial charge on any atom is -0.396 e. The summed E-state index contributed by atoms with van der Waals surface area (Å²) < 4.78 is 4.63. The van der Waals surface area contributed by atoms with Crippen molar-refractivity contribution < 1.29 is 9.32 Å². The maximum absolute atomic E-state index is 12.0. The number of rotatable bonds is 5. The minimum absolute atomic E-state index is 0.211. The summed E-state index contributed by atoms with van der Waals surface area (Å²) in [6.07, 6.45) is 1.79. The van der Waals surface area contributed by atoms with Crippen molar-refractivity contribution in [3.05, 3.63) is 22.7 Å². The number of nitrogens with zero attached hydrogens (tertiary/aromatic N) is 4. The van der Waals surface area contributed by atoms with E-state index in [0.717, 1.165) is 0 Å². The van der Waals surface area contributed by atoms with Crippen molar-refractivity contribution in [2.24, 2.45) is 0 Å². The molecular formula is C12H14N6O2S. The van der Waals surface area contributed by atoms with Crippen LogP contribution in [-0.2, 0) is 6.42 Å². The van der Waals surface area contributed by atoms with E-state index in [1.54, 1.807) is 14.1 Å². The first-order valence-corrected chi connectivity index (χ1v) is 6.89. The fourth-order valence-corrected chi connectivity index (χ4v) is 2.75. The van der Waals surface area contributed by atoms with Crippen LogP contribution in [0.25, 0.3) is 0 Å². The van der Waals surface area contributed by atoms with Gasteiger partial charge in [-0.3, -0.25) is 4.79 Å². The lowest BCUT2D eigenvalue weighted by Gasteiger charge is -2.08. The van der Waals surface area contributed by atoms with Gasteiger partial charge in [0, 0.05) is 27.1 Å². The molecule has 0 spiro atoms. The van der Waals surface area contributed by atoms with Crippen LogP contribution in [0.5, 0.6) is 0 Å². The van der Waals surface area contributed by atoms with Crippen molar-refractivity contribution in [1.82, 2.24) is 15.0 Å². The number of amides is 1. The van der Waals surface area contributed by atoms with E-state index in [1.165, 1.54) is 22.6 Å². The van der Waals surface area contributed by atoms with Gasteiger partial charge in [-0.1, -0.05) is 5.16 Å². The van der Waals surface area contributed by atoms with Crippen LogP contribution in [0.2, 0.25) is 0 Å². The van der Waals surface area contributed by atoms with Gasteiger partial charge in [0.25, 0.3) is 5.91 Å². The molecule has 0 fully saturated rings. The number of hydrogen-bond donors (Lipinski definition) is 2. The Kier molecular flexibility index (Phi) is 4.39. The van der Waals surface area contributed by atoms with Crippen LogP contribution in [0, 0.1) is 11.3 Å². The maximum atomic E-state index is 12.0. The van der Waals surface area contributed by atoms with E-state index >= 15 is 0 Å². The van der Waals surface area contributed by atoms with Gasteiger partial charge in [0.15, 0.2) is 5.82 Å². The van der Waals surface area contributed by atoms with E-state index in [-0.39, 0.29) is 11.6 Å². The Morgan fingerprint density at radius 3 is 2.95 bits per heavy atom. The number of anilines is 2. The second-order valence-corrected chi connectivity index (χ2v) is 5.41. The number of nitrogens with one attached hydrogen (secondary N) is 1. The summed E-state index contributed by atoms with van der Waals surface area (Å²) in [5.41, 5.74) is 6.38. The lowest BCUT2D eigenvalue weighted by molar-refractivity contribution is 0.0833. The number of carbonyl (C=O) groups is 1. The van der Waals surface area contributed by atoms with Gasteiger partial charge in [0.2, 0.25) is 6.39 Å². The minimum atomic E-state index is -0.222. The molecule has 0 saturated carbocycles. The normalized spacial score (nSPS) is 10.1. The van der Waals surface area contributed by atoms with Crippen molar-refractivity contribution in [3.8, 4) is 6.07 Å². The number of nitrogen functional groups attached to an aromatic ring is 1. The second-order valence-electron chi connectivity index (χ2n) is 4.38. The summed E-state index contributed by atoms with van der Waals surface area (Å²) >= 11 is 1.17. The molecule has 2 aromatic rings. The molecule has 1 amide bonds. The van der Waals surface area contributed by atoms with Crippen LogP contribution < -0.4 is 11.1 Å². The Morgan fingerprint density at radius 1 is 1.62 bits per heavy atom. The van der Waals surface area contributed by atoms with Gasteiger partial charge in [0.05, 0.1) is 5.69 Å². The highest BCUT2D eigenvalue weighted by Crippen LogP contribution is 2.35. The van der Waals surface area contributed by atoms with E-state index in [9.17, 15) is 10.1 Å². The molecule has 0 aromatic carbocycles. The molecule has 0 aliphatic rings. The molecule has 2 heterocycles. The molecule has 9 heteroatoms. The van der Waals surface area contributed by atoms with Crippen molar-refractivity contribution in [2.75, 3.05) is 31.7 Å². The third kappa shape index (κ3) is 3.11. The summed E-state index contributed by atoms with van der Waals surface area (Å²) in [6.45, 7) is 0.504. The van der Waals surface area contributed by atoms with Crippen LogP contribution in [0.4, 0.5) is 10.7 Å². The van der Waals surface area contributed by atoms with E-state index in [1.807, 2.05) is 6.07 Å². The number of aromatic nitrogens is 2. The van der Waals surface area contributed by atoms with Crippen LogP contribution in [0.1, 0.15) is 21.1 Å².